The predicted octanol–water partition coefficient (Wildman–Crippen LogP) is 7.67. The van der Waals surface area contributed by atoms with E-state index < -0.39 is 8.07 Å². The predicted molar refractivity (Wildman–Crippen MR) is 234 cm³/mol. The first-order chi connectivity index (χ1) is 27.7. The monoisotopic (exact) mass is 731 g/mol. The Morgan fingerprint density at radius 2 is 0.911 bits per heavy atom. The van der Waals surface area contributed by atoms with E-state index in [4.69, 9.17) is 14.5 Å². The van der Waals surface area contributed by atoms with E-state index in [1.807, 2.05) is 18.2 Å². The molecule has 11 rings (SSSR count). The smallest absolute Gasteiger partial charge is 0.262 e. The van der Waals surface area contributed by atoms with Crippen molar-refractivity contribution >= 4 is 62.7 Å². The maximum atomic E-state index is 6.68. The molecule has 0 saturated heterocycles. The first-order valence-electron chi connectivity index (χ1n) is 19.1. The molecule has 1 aromatic heterocycles. The summed E-state index contributed by atoms with van der Waals surface area (Å²) >= 11 is 0. The molecule has 3 heterocycles. The fourth-order valence-corrected chi connectivity index (χ4v) is 13.8. The van der Waals surface area contributed by atoms with Crippen LogP contribution in [-0.2, 0) is 0 Å². The number of pyridine rings is 1. The largest absolute Gasteiger partial charge is 0.458 e. The molecule has 0 fully saturated rings. The van der Waals surface area contributed by atoms with Crippen LogP contribution in [0.25, 0.3) is 33.2 Å². The van der Waals surface area contributed by atoms with Crippen LogP contribution in [0.3, 0.4) is 0 Å². The molecular formula is C51H34BNO2Si. The number of hydrogen-bond acceptors (Lipinski definition) is 3. The van der Waals surface area contributed by atoms with Gasteiger partial charge in [-0.25, -0.2) is 4.98 Å². The van der Waals surface area contributed by atoms with Crippen molar-refractivity contribution in [1.29, 1.82) is 0 Å². The van der Waals surface area contributed by atoms with Gasteiger partial charge in [0.1, 0.15) is 17.2 Å². The lowest BCUT2D eigenvalue weighted by Crippen LogP contribution is -2.74. The second kappa shape index (κ2) is 13.1. The number of aromatic nitrogens is 1. The van der Waals surface area contributed by atoms with E-state index in [1.165, 1.54) is 42.6 Å². The van der Waals surface area contributed by atoms with E-state index in [-0.39, 0.29) is 6.71 Å². The molecule has 0 spiro atoms. The number of benzene rings is 8. The van der Waals surface area contributed by atoms with Crippen LogP contribution in [-0.4, -0.2) is 19.8 Å². The number of rotatable bonds is 6. The molecule has 5 heteroatoms. The first-order valence-corrected chi connectivity index (χ1v) is 21.1. The minimum atomic E-state index is -2.92. The Balaban J connectivity index is 1.12. The van der Waals surface area contributed by atoms with Crippen molar-refractivity contribution in [2.24, 2.45) is 0 Å². The Bertz CT molecular complexity index is 2840. The molecule has 0 saturated carbocycles. The first kappa shape index (κ1) is 32.5. The molecule has 262 valence electrons. The highest BCUT2D eigenvalue weighted by Gasteiger charge is 2.43. The normalized spacial score (nSPS) is 12.5. The SMILES string of the molecule is c1ccc([Si](c2ccccc2)(c2cccc(-c3ccc4ccccc4c3)c2)c2cccc(-c3cc4c5c(n3)Oc3ccccc3B5c3ccccc3O4)c2)cc1. The van der Waals surface area contributed by atoms with Crippen LogP contribution in [0.15, 0.2) is 206 Å². The number of fused-ring (bicyclic) bond motifs is 5. The van der Waals surface area contributed by atoms with Gasteiger partial charge >= 0.3 is 0 Å². The third-order valence-corrected chi connectivity index (χ3v) is 16.3. The van der Waals surface area contributed by atoms with Gasteiger partial charge in [-0.3, -0.25) is 0 Å². The Kier molecular flexibility index (Phi) is 7.61. The summed E-state index contributed by atoms with van der Waals surface area (Å²) in [7, 11) is -2.92. The van der Waals surface area contributed by atoms with Crippen molar-refractivity contribution in [3.8, 4) is 45.5 Å². The molecule has 3 nitrogen and oxygen atoms in total. The van der Waals surface area contributed by atoms with Crippen molar-refractivity contribution < 1.29 is 9.47 Å². The van der Waals surface area contributed by atoms with E-state index >= 15 is 0 Å². The van der Waals surface area contributed by atoms with Gasteiger partial charge in [0, 0.05) is 17.1 Å². The average Bonchev–Trinajstić information content (AvgIpc) is 3.27. The third kappa shape index (κ3) is 5.16. The fourth-order valence-electron chi connectivity index (χ4n) is 9.00. The summed E-state index contributed by atoms with van der Waals surface area (Å²) < 4.78 is 13.3. The van der Waals surface area contributed by atoms with Crippen LogP contribution in [0.1, 0.15) is 0 Å². The number of nitrogens with zero attached hydrogens (tertiary/aromatic N) is 1. The van der Waals surface area contributed by atoms with Crippen LogP contribution in [0, 0.1) is 0 Å². The molecule has 2 aliphatic heterocycles. The maximum Gasteiger partial charge on any atom is 0.262 e. The highest BCUT2D eigenvalue weighted by atomic mass is 28.3. The lowest BCUT2D eigenvalue weighted by atomic mass is 9.35. The molecule has 0 unspecified atom stereocenters. The van der Waals surface area contributed by atoms with Gasteiger partial charge in [0.2, 0.25) is 5.88 Å². The van der Waals surface area contributed by atoms with Gasteiger partial charge in [-0.15, -0.1) is 0 Å². The summed E-state index contributed by atoms with van der Waals surface area (Å²) in [6, 6.07) is 74.5. The standard InChI is InChI=1S/C51H34BNO2Si/c1-3-19-40(20-4-1)56(41-21-5-2-6-22-41,42-23-13-17-37(32-42)38-30-29-35-15-7-8-16-36(35)31-38)43-24-14-18-39(33-43)46-34-49-50-51(53-46)55-48-28-12-10-26-45(48)52(50)44-25-9-11-27-47(44)54-49/h1-34H. The lowest BCUT2D eigenvalue weighted by Gasteiger charge is -2.35. The van der Waals surface area contributed by atoms with Crippen LogP contribution in [0.2, 0.25) is 0 Å². The number of para-hydroxylation sites is 2. The average molecular weight is 732 g/mol. The summed E-state index contributed by atoms with van der Waals surface area (Å²) in [5.74, 6) is 3.08. The molecule has 9 aromatic rings. The Morgan fingerprint density at radius 1 is 0.375 bits per heavy atom. The zero-order valence-electron chi connectivity index (χ0n) is 30.5. The zero-order chi connectivity index (χ0) is 37.1. The maximum absolute atomic E-state index is 6.68. The minimum Gasteiger partial charge on any atom is -0.458 e. The quantitative estimate of drug-likeness (QED) is 0.130. The van der Waals surface area contributed by atoms with Gasteiger partial charge < -0.3 is 9.47 Å². The molecule has 0 atom stereocenters. The molecule has 0 radical (unpaired) electrons. The van der Waals surface area contributed by atoms with Crippen LogP contribution in [0.5, 0.6) is 23.1 Å². The summed E-state index contributed by atoms with van der Waals surface area (Å²) in [6.45, 7) is -0.0196. The van der Waals surface area contributed by atoms with E-state index in [1.54, 1.807) is 0 Å². The second-order valence-corrected chi connectivity index (χ2v) is 18.5. The third-order valence-electron chi connectivity index (χ3n) is 11.5. The molecule has 0 amide bonds. The Hall–Kier alpha value is -6.95. The van der Waals surface area contributed by atoms with Gasteiger partial charge in [-0.2, -0.15) is 0 Å². The van der Waals surface area contributed by atoms with Gasteiger partial charge in [-0.1, -0.05) is 182 Å². The summed E-state index contributed by atoms with van der Waals surface area (Å²) in [5.41, 5.74) is 7.46. The molecule has 8 aromatic carbocycles. The van der Waals surface area contributed by atoms with Crippen molar-refractivity contribution in [3.05, 3.63) is 206 Å². The van der Waals surface area contributed by atoms with Gasteiger partial charge in [0.25, 0.3) is 6.71 Å². The van der Waals surface area contributed by atoms with Crippen molar-refractivity contribution in [2.75, 3.05) is 0 Å². The van der Waals surface area contributed by atoms with E-state index in [9.17, 15) is 0 Å². The van der Waals surface area contributed by atoms with E-state index in [2.05, 4.69) is 188 Å². The van der Waals surface area contributed by atoms with Crippen molar-refractivity contribution in [1.82, 2.24) is 4.98 Å². The molecule has 56 heavy (non-hydrogen) atoms. The minimum absolute atomic E-state index is 0.0196. The van der Waals surface area contributed by atoms with Crippen LogP contribution in [0.4, 0.5) is 0 Å². The van der Waals surface area contributed by atoms with Gasteiger partial charge in [0.05, 0.1) is 5.69 Å². The lowest BCUT2D eigenvalue weighted by molar-refractivity contribution is 0.451. The topological polar surface area (TPSA) is 31.4 Å². The van der Waals surface area contributed by atoms with Crippen molar-refractivity contribution in [3.63, 3.8) is 0 Å². The molecule has 0 bridgehead atoms. The number of hydrogen-bond donors (Lipinski definition) is 0. The van der Waals surface area contributed by atoms with Crippen molar-refractivity contribution in [2.45, 2.75) is 0 Å². The Labute approximate surface area is 327 Å². The second-order valence-electron chi connectivity index (χ2n) is 14.6. The Morgan fingerprint density at radius 3 is 1.61 bits per heavy atom. The van der Waals surface area contributed by atoms with E-state index in [0.717, 1.165) is 44.9 Å². The van der Waals surface area contributed by atoms with Gasteiger partial charge in [0.15, 0.2) is 8.07 Å². The van der Waals surface area contributed by atoms with Crippen LogP contribution < -0.4 is 46.6 Å². The fraction of sp³-hybridized carbons (Fsp3) is 0. The molecule has 0 N–H and O–H groups in total. The highest BCUT2D eigenvalue weighted by molar-refractivity contribution is 7.20. The zero-order valence-corrected chi connectivity index (χ0v) is 31.5. The molecule has 2 aliphatic rings. The molecular weight excluding hydrogens is 697 g/mol. The summed E-state index contributed by atoms with van der Waals surface area (Å²) in [6.07, 6.45) is 0. The van der Waals surface area contributed by atoms with E-state index in [0.29, 0.717) is 5.88 Å². The summed E-state index contributed by atoms with van der Waals surface area (Å²) in [4.78, 5) is 5.28. The van der Waals surface area contributed by atoms with Crippen LogP contribution >= 0.6 is 0 Å². The highest BCUT2D eigenvalue weighted by Crippen LogP contribution is 2.36. The number of ether oxygens (including phenoxy) is 2. The summed E-state index contributed by atoms with van der Waals surface area (Å²) in [5, 5.41) is 7.69. The van der Waals surface area contributed by atoms with Gasteiger partial charge in [-0.05, 0) is 71.8 Å². The molecule has 0 aliphatic carbocycles.